The molecule has 2 aliphatic rings. The van der Waals surface area contributed by atoms with E-state index in [4.69, 9.17) is 9.97 Å². The van der Waals surface area contributed by atoms with Crippen LogP contribution in [0.4, 0.5) is 0 Å². The monoisotopic (exact) mass is 338 g/mol. The molecular weight excluding hydrogens is 308 g/mol. The van der Waals surface area contributed by atoms with Gasteiger partial charge in [0.2, 0.25) is 0 Å². The van der Waals surface area contributed by atoms with Crippen molar-refractivity contribution in [3.05, 3.63) is 35.7 Å². The third-order valence-electron chi connectivity index (χ3n) is 6.25. The first-order valence-corrected chi connectivity index (χ1v) is 9.89. The molecule has 4 rings (SSSR count). The van der Waals surface area contributed by atoms with Crippen molar-refractivity contribution in [1.82, 2.24) is 19.8 Å². The van der Waals surface area contributed by atoms with Crippen LogP contribution in [0.15, 0.2) is 24.3 Å². The van der Waals surface area contributed by atoms with Gasteiger partial charge in [0.05, 0.1) is 22.4 Å². The Labute approximate surface area is 151 Å². The summed E-state index contributed by atoms with van der Waals surface area (Å²) in [5.41, 5.74) is 4.23. The lowest BCUT2D eigenvalue weighted by atomic mass is 9.89. The quantitative estimate of drug-likeness (QED) is 0.852. The third kappa shape index (κ3) is 3.70. The van der Waals surface area contributed by atoms with Gasteiger partial charge >= 0.3 is 0 Å². The molecule has 0 saturated carbocycles. The van der Waals surface area contributed by atoms with Crippen LogP contribution in [0, 0.1) is 12.8 Å². The van der Waals surface area contributed by atoms with E-state index in [0.717, 1.165) is 40.9 Å². The third-order valence-corrected chi connectivity index (χ3v) is 6.25. The van der Waals surface area contributed by atoms with Gasteiger partial charge in [0.25, 0.3) is 0 Å². The van der Waals surface area contributed by atoms with E-state index in [9.17, 15) is 0 Å². The zero-order valence-corrected chi connectivity index (χ0v) is 15.6. The molecule has 25 heavy (non-hydrogen) atoms. The molecule has 0 aliphatic carbocycles. The SMILES string of the molecule is Cc1nc2ccccc2nc1CN1CCC([C@@H](C)N2CCCC2)CC1. The largest absolute Gasteiger partial charge is 0.300 e. The fourth-order valence-corrected chi connectivity index (χ4v) is 4.53. The second-order valence-corrected chi connectivity index (χ2v) is 7.84. The molecule has 0 radical (unpaired) electrons. The minimum absolute atomic E-state index is 0.756. The summed E-state index contributed by atoms with van der Waals surface area (Å²) < 4.78 is 0. The Kier molecular flexibility index (Phi) is 5.00. The first-order chi connectivity index (χ1) is 12.2. The van der Waals surface area contributed by atoms with Gasteiger partial charge in [0.1, 0.15) is 0 Å². The summed E-state index contributed by atoms with van der Waals surface area (Å²) in [4.78, 5) is 14.9. The molecule has 4 heteroatoms. The summed E-state index contributed by atoms with van der Waals surface area (Å²) in [6, 6.07) is 8.94. The molecule has 4 nitrogen and oxygen atoms in total. The molecule has 1 aromatic heterocycles. The zero-order chi connectivity index (χ0) is 17.2. The highest BCUT2D eigenvalue weighted by atomic mass is 15.2. The van der Waals surface area contributed by atoms with Crippen molar-refractivity contribution in [2.45, 2.75) is 52.1 Å². The number of aromatic nitrogens is 2. The minimum Gasteiger partial charge on any atom is -0.300 e. The van der Waals surface area contributed by atoms with Gasteiger partial charge in [-0.3, -0.25) is 4.90 Å². The van der Waals surface area contributed by atoms with E-state index >= 15 is 0 Å². The van der Waals surface area contributed by atoms with Crippen molar-refractivity contribution in [2.24, 2.45) is 5.92 Å². The second kappa shape index (κ2) is 7.38. The van der Waals surface area contributed by atoms with Crippen molar-refractivity contribution in [3.63, 3.8) is 0 Å². The summed E-state index contributed by atoms with van der Waals surface area (Å²) in [6.45, 7) is 10.5. The van der Waals surface area contributed by atoms with Crippen molar-refractivity contribution >= 4 is 11.0 Å². The standard InChI is InChI=1S/C21H30N4/c1-16-21(23-20-8-4-3-7-19(20)22-16)15-24-13-9-18(10-14-24)17(2)25-11-5-6-12-25/h3-4,7-8,17-18H,5-6,9-15H2,1-2H3/t17-/m1/s1. The van der Waals surface area contributed by atoms with E-state index in [1.165, 1.54) is 51.9 Å². The van der Waals surface area contributed by atoms with Gasteiger partial charge in [-0.2, -0.15) is 0 Å². The zero-order valence-electron chi connectivity index (χ0n) is 15.6. The van der Waals surface area contributed by atoms with Gasteiger partial charge in [-0.05, 0) is 83.8 Å². The van der Waals surface area contributed by atoms with Crippen LogP contribution in [-0.4, -0.2) is 52.0 Å². The molecule has 0 bridgehead atoms. The number of hydrogen-bond acceptors (Lipinski definition) is 4. The van der Waals surface area contributed by atoms with E-state index < -0.39 is 0 Å². The highest BCUT2D eigenvalue weighted by Crippen LogP contribution is 2.27. The molecule has 0 unspecified atom stereocenters. The molecule has 3 heterocycles. The molecule has 1 aromatic carbocycles. The van der Waals surface area contributed by atoms with Crippen molar-refractivity contribution < 1.29 is 0 Å². The Hall–Kier alpha value is -1.52. The average molecular weight is 338 g/mol. The topological polar surface area (TPSA) is 32.3 Å². The van der Waals surface area contributed by atoms with E-state index in [-0.39, 0.29) is 0 Å². The van der Waals surface area contributed by atoms with Crippen LogP contribution in [0.5, 0.6) is 0 Å². The van der Waals surface area contributed by atoms with Gasteiger partial charge in [-0.1, -0.05) is 12.1 Å². The number of rotatable bonds is 4. The number of benzene rings is 1. The summed E-state index contributed by atoms with van der Waals surface area (Å²) in [6.07, 6.45) is 5.42. The Bertz CT molecular complexity index is 715. The van der Waals surface area contributed by atoms with Crippen LogP contribution in [-0.2, 0) is 6.54 Å². The molecule has 2 saturated heterocycles. The number of para-hydroxylation sites is 2. The van der Waals surface area contributed by atoms with Crippen molar-refractivity contribution in [2.75, 3.05) is 26.2 Å². The van der Waals surface area contributed by atoms with Crippen LogP contribution >= 0.6 is 0 Å². The number of aryl methyl sites for hydroxylation is 1. The minimum atomic E-state index is 0.756. The lowest BCUT2D eigenvalue weighted by Gasteiger charge is -2.38. The molecule has 2 fully saturated rings. The Balaban J connectivity index is 1.37. The van der Waals surface area contributed by atoms with E-state index in [1.807, 2.05) is 18.2 Å². The summed E-state index contributed by atoms with van der Waals surface area (Å²) in [5, 5.41) is 0. The predicted molar refractivity (Wildman–Crippen MR) is 103 cm³/mol. The summed E-state index contributed by atoms with van der Waals surface area (Å²) in [7, 11) is 0. The van der Waals surface area contributed by atoms with Crippen molar-refractivity contribution in [3.8, 4) is 0 Å². The Morgan fingerprint density at radius 1 is 1.00 bits per heavy atom. The van der Waals surface area contributed by atoms with Crippen LogP contribution < -0.4 is 0 Å². The van der Waals surface area contributed by atoms with Crippen LogP contribution in [0.3, 0.4) is 0 Å². The maximum atomic E-state index is 4.87. The smallest absolute Gasteiger partial charge is 0.0890 e. The van der Waals surface area contributed by atoms with E-state index in [0.29, 0.717) is 0 Å². The van der Waals surface area contributed by atoms with E-state index in [2.05, 4.69) is 29.7 Å². The predicted octanol–water partition coefficient (Wildman–Crippen LogP) is 3.63. The number of fused-ring (bicyclic) bond motifs is 1. The average Bonchev–Trinajstić information content (AvgIpc) is 3.17. The van der Waals surface area contributed by atoms with E-state index in [1.54, 1.807) is 0 Å². The van der Waals surface area contributed by atoms with Gasteiger partial charge in [0, 0.05) is 12.6 Å². The maximum absolute atomic E-state index is 4.87. The molecule has 0 N–H and O–H groups in total. The lowest BCUT2D eigenvalue weighted by Crippen LogP contribution is -2.43. The fourth-order valence-electron chi connectivity index (χ4n) is 4.53. The van der Waals surface area contributed by atoms with Gasteiger partial charge in [0.15, 0.2) is 0 Å². The number of hydrogen-bond donors (Lipinski definition) is 0. The molecule has 0 spiro atoms. The number of piperidine rings is 1. The highest BCUT2D eigenvalue weighted by molar-refractivity contribution is 5.74. The van der Waals surface area contributed by atoms with Crippen LogP contribution in [0.2, 0.25) is 0 Å². The Morgan fingerprint density at radius 3 is 2.32 bits per heavy atom. The molecule has 2 aromatic rings. The maximum Gasteiger partial charge on any atom is 0.0890 e. The number of nitrogens with zero attached hydrogens (tertiary/aromatic N) is 4. The molecular formula is C21H30N4. The van der Waals surface area contributed by atoms with Gasteiger partial charge in [-0.15, -0.1) is 0 Å². The Morgan fingerprint density at radius 2 is 1.64 bits per heavy atom. The second-order valence-electron chi connectivity index (χ2n) is 7.84. The first-order valence-electron chi connectivity index (χ1n) is 9.89. The normalized spacial score (nSPS) is 21.8. The van der Waals surface area contributed by atoms with Crippen LogP contribution in [0.1, 0.15) is 44.0 Å². The number of likely N-dealkylation sites (tertiary alicyclic amines) is 2. The summed E-state index contributed by atoms with van der Waals surface area (Å²) in [5.74, 6) is 0.859. The molecule has 0 amide bonds. The van der Waals surface area contributed by atoms with Gasteiger partial charge in [-0.25, -0.2) is 9.97 Å². The van der Waals surface area contributed by atoms with Gasteiger partial charge < -0.3 is 4.90 Å². The summed E-state index contributed by atoms with van der Waals surface area (Å²) >= 11 is 0. The molecule has 134 valence electrons. The molecule has 2 aliphatic heterocycles. The lowest BCUT2D eigenvalue weighted by molar-refractivity contribution is 0.107. The van der Waals surface area contributed by atoms with Crippen molar-refractivity contribution in [1.29, 1.82) is 0 Å². The highest BCUT2D eigenvalue weighted by Gasteiger charge is 2.29. The fraction of sp³-hybridized carbons (Fsp3) is 0.619. The first kappa shape index (κ1) is 16.9. The molecule has 1 atom stereocenters. The van der Waals surface area contributed by atoms with Crippen LogP contribution in [0.25, 0.3) is 11.0 Å².